The van der Waals surface area contributed by atoms with E-state index >= 15 is 0 Å². The molecule has 0 heterocycles. The zero-order valence-corrected chi connectivity index (χ0v) is 5.98. The molecular weight excluding hydrogens is 151 g/mol. The Morgan fingerprint density at radius 2 is 1.90 bits per heavy atom. The Labute approximate surface area is 64.6 Å². The summed E-state index contributed by atoms with van der Waals surface area (Å²) in [7, 11) is 0. The summed E-state index contributed by atoms with van der Waals surface area (Å²) in [4.78, 5) is 0. The van der Waals surface area contributed by atoms with E-state index in [0.717, 1.165) is 0 Å². The summed E-state index contributed by atoms with van der Waals surface area (Å²) < 4.78 is 12.1. The summed E-state index contributed by atoms with van der Waals surface area (Å²) in [6.45, 7) is 0. The van der Waals surface area contributed by atoms with Crippen LogP contribution in [-0.4, -0.2) is 0 Å². The van der Waals surface area contributed by atoms with Crippen LogP contribution in [-0.2, 0) is 0 Å². The van der Waals surface area contributed by atoms with E-state index < -0.39 is 0 Å². The van der Waals surface area contributed by atoms with E-state index in [9.17, 15) is 4.39 Å². The predicted octanol–water partition coefficient (Wildman–Crippen LogP) is 2.73. The Hall–Kier alpha value is -1.00. The molecule has 0 N–H and O–H groups in total. The molecule has 52 valence electrons. The molecule has 1 aromatic carbocycles. The maximum absolute atomic E-state index is 12.1. The Morgan fingerprint density at radius 3 is 2.20 bits per heavy atom. The molecule has 0 aromatic heterocycles. The van der Waals surface area contributed by atoms with Gasteiger partial charge in [-0.05, 0) is 18.2 Å². The second-order valence-corrected chi connectivity index (χ2v) is 1.88. The van der Waals surface area contributed by atoms with Crippen LogP contribution < -0.4 is 0 Å². The van der Waals surface area contributed by atoms with Gasteiger partial charge in [0.15, 0.2) is 0 Å². The third kappa shape index (κ3) is 3.11. The summed E-state index contributed by atoms with van der Waals surface area (Å²) >= 11 is 5.40. The molecule has 0 aliphatic heterocycles. The van der Waals surface area contributed by atoms with Crippen LogP contribution in [0.3, 0.4) is 0 Å². The average molecular weight is 157 g/mol. The lowest BCUT2D eigenvalue weighted by Gasteiger charge is -1.85. The van der Waals surface area contributed by atoms with Gasteiger partial charge >= 0.3 is 0 Å². The topological polar surface area (TPSA) is 0 Å². The SMILES string of the molecule is C#C.Fc1cccc(Cl)c1. The summed E-state index contributed by atoms with van der Waals surface area (Å²) in [5.41, 5.74) is 0. The highest BCUT2D eigenvalue weighted by Crippen LogP contribution is 2.07. The minimum absolute atomic E-state index is 0.294. The van der Waals surface area contributed by atoms with E-state index in [1.807, 2.05) is 0 Å². The zero-order valence-electron chi connectivity index (χ0n) is 5.22. The lowest BCUT2D eigenvalue weighted by atomic mass is 10.4. The number of benzene rings is 1. The van der Waals surface area contributed by atoms with E-state index in [0.29, 0.717) is 5.02 Å². The highest BCUT2D eigenvalue weighted by molar-refractivity contribution is 6.30. The Balaban J connectivity index is 0.000000371. The Morgan fingerprint density at radius 1 is 1.30 bits per heavy atom. The van der Waals surface area contributed by atoms with E-state index in [2.05, 4.69) is 12.8 Å². The first-order valence-electron chi connectivity index (χ1n) is 2.53. The summed E-state index contributed by atoms with van der Waals surface area (Å²) in [5, 5.41) is 0.435. The van der Waals surface area contributed by atoms with Gasteiger partial charge in [-0.3, -0.25) is 0 Å². The molecular formula is C8H6ClF. The van der Waals surface area contributed by atoms with Gasteiger partial charge in [-0.2, -0.15) is 0 Å². The number of rotatable bonds is 0. The lowest BCUT2D eigenvalue weighted by Crippen LogP contribution is -1.68. The van der Waals surface area contributed by atoms with Gasteiger partial charge in [0.05, 0.1) is 0 Å². The van der Waals surface area contributed by atoms with E-state index in [1.165, 1.54) is 12.1 Å². The first-order chi connectivity index (χ1) is 4.79. The molecule has 0 aliphatic rings. The molecule has 0 saturated heterocycles. The lowest BCUT2D eigenvalue weighted by molar-refractivity contribution is 0.628. The molecule has 0 saturated carbocycles. The third-order valence-electron chi connectivity index (χ3n) is 0.787. The molecule has 0 nitrogen and oxygen atoms in total. The number of hydrogen-bond acceptors (Lipinski definition) is 0. The van der Waals surface area contributed by atoms with Gasteiger partial charge in [-0.15, -0.1) is 12.8 Å². The van der Waals surface area contributed by atoms with Crippen molar-refractivity contribution in [1.82, 2.24) is 0 Å². The predicted molar refractivity (Wildman–Crippen MR) is 41.3 cm³/mol. The minimum atomic E-state index is -0.294. The van der Waals surface area contributed by atoms with Crippen LogP contribution in [0.1, 0.15) is 0 Å². The summed E-state index contributed by atoms with van der Waals surface area (Å²) in [6.07, 6.45) is 8.00. The standard InChI is InChI=1S/C6H4ClF.C2H2/c7-5-2-1-3-6(8)4-5;1-2/h1-4H;1-2H. The van der Waals surface area contributed by atoms with Gasteiger partial charge in [0.25, 0.3) is 0 Å². The molecule has 0 radical (unpaired) electrons. The van der Waals surface area contributed by atoms with Crippen LogP contribution in [0.2, 0.25) is 5.02 Å². The molecule has 0 spiro atoms. The minimum Gasteiger partial charge on any atom is -0.207 e. The number of hydrogen-bond donors (Lipinski definition) is 0. The van der Waals surface area contributed by atoms with E-state index in [-0.39, 0.29) is 5.82 Å². The largest absolute Gasteiger partial charge is 0.207 e. The molecule has 0 amide bonds. The quantitative estimate of drug-likeness (QED) is 0.507. The molecule has 0 atom stereocenters. The van der Waals surface area contributed by atoms with Crippen molar-refractivity contribution >= 4 is 11.6 Å². The first-order valence-corrected chi connectivity index (χ1v) is 2.91. The monoisotopic (exact) mass is 156 g/mol. The Kier molecular flexibility index (Phi) is 4.36. The van der Waals surface area contributed by atoms with Gasteiger partial charge in [0.1, 0.15) is 5.82 Å². The molecule has 0 unspecified atom stereocenters. The van der Waals surface area contributed by atoms with Crippen molar-refractivity contribution in [2.24, 2.45) is 0 Å². The van der Waals surface area contributed by atoms with Crippen LogP contribution in [0.5, 0.6) is 0 Å². The van der Waals surface area contributed by atoms with Gasteiger partial charge in [0.2, 0.25) is 0 Å². The van der Waals surface area contributed by atoms with Crippen LogP contribution in [0.4, 0.5) is 4.39 Å². The highest BCUT2D eigenvalue weighted by atomic mass is 35.5. The van der Waals surface area contributed by atoms with Crippen LogP contribution >= 0.6 is 11.6 Å². The van der Waals surface area contributed by atoms with Crippen LogP contribution in [0.15, 0.2) is 24.3 Å². The molecule has 1 rings (SSSR count). The van der Waals surface area contributed by atoms with Gasteiger partial charge < -0.3 is 0 Å². The molecule has 1 aromatic rings. The summed E-state index contributed by atoms with van der Waals surface area (Å²) in [5.74, 6) is -0.294. The van der Waals surface area contributed by atoms with Crippen molar-refractivity contribution < 1.29 is 4.39 Å². The van der Waals surface area contributed by atoms with E-state index in [4.69, 9.17) is 11.6 Å². The maximum atomic E-state index is 12.1. The fourth-order valence-corrected chi connectivity index (χ4v) is 0.637. The molecule has 10 heavy (non-hydrogen) atoms. The Bertz CT molecular complexity index is 200. The average Bonchev–Trinajstić information content (AvgIpc) is 1.91. The fourth-order valence-electron chi connectivity index (χ4n) is 0.460. The van der Waals surface area contributed by atoms with Gasteiger partial charge in [-0.1, -0.05) is 17.7 Å². The van der Waals surface area contributed by atoms with Gasteiger partial charge in [0, 0.05) is 5.02 Å². The van der Waals surface area contributed by atoms with Crippen LogP contribution in [0, 0.1) is 18.7 Å². The summed E-state index contributed by atoms with van der Waals surface area (Å²) in [6, 6.07) is 5.82. The van der Waals surface area contributed by atoms with Crippen molar-refractivity contribution in [3.63, 3.8) is 0 Å². The van der Waals surface area contributed by atoms with Crippen molar-refractivity contribution in [2.75, 3.05) is 0 Å². The third-order valence-corrected chi connectivity index (χ3v) is 1.02. The highest BCUT2D eigenvalue weighted by Gasteiger charge is 1.86. The second-order valence-electron chi connectivity index (χ2n) is 1.44. The number of halogens is 2. The molecule has 0 fully saturated rings. The van der Waals surface area contributed by atoms with Crippen molar-refractivity contribution in [2.45, 2.75) is 0 Å². The number of terminal acetylenes is 1. The molecule has 2 heteroatoms. The second kappa shape index (κ2) is 4.84. The maximum Gasteiger partial charge on any atom is 0.124 e. The smallest absolute Gasteiger partial charge is 0.124 e. The first kappa shape index (κ1) is 9.00. The van der Waals surface area contributed by atoms with Crippen molar-refractivity contribution in [3.8, 4) is 12.8 Å². The molecule has 0 bridgehead atoms. The molecule has 0 aliphatic carbocycles. The van der Waals surface area contributed by atoms with Crippen LogP contribution in [0.25, 0.3) is 0 Å². The zero-order chi connectivity index (χ0) is 7.98. The van der Waals surface area contributed by atoms with Crippen molar-refractivity contribution in [3.05, 3.63) is 35.1 Å². The van der Waals surface area contributed by atoms with E-state index in [1.54, 1.807) is 12.1 Å². The fraction of sp³-hybridized carbons (Fsp3) is 0. The van der Waals surface area contributed by atoms with Gasteiger partial charge in [-0.25, -0.2) is 4.39 Å². The van der Waals surface area contributed by atoms with Crippen molar-refractivity contribution in [1.29, 1.82) is 0 Å². The normalized spacial score (nSPS) is 7.60.